The van der Waals surface area contributed by atoms with Gasteiger partial charge in [-0.15, -0.1) is 0 Å². The summed E-state index contributed by atoms with van der Waals surface area (Å²) < 4.78 is 0. The number of nitrogens with one attached hydrogen (secondary N) is 1. The van der Waals surface area contributed by atoms with Gasteiger partial charge in [-0.2, -0.15) is 0 Å². The summed E-state index contributed by atoms with van der Waals surface area (Å²) in [5.41, 5.74) is 0. The molecule has 1 atom stereocenters. The van der Waals surface area contributed by atoms with E-state index in [1.165, 1.54) is 11.8 Å². The van der Waals surface area contributed by atoms with Crippen LogP contribution in [0.15, 0.2) is 0 Å². The second-order valence-corrected chi connectivity index (χ2v) is 2.75. The van der Waals surface area contributed by atoms with Crippen LogP contribution in [0.2, 0.25) is 0 Å². The fourth-order valence-electron chi connectivity index (χ4n) is 0.979. The van der Waals surface area contributed by atoms with Gasteiger partial charge >= 0.3 is 0 Å². The van der Waals surface area contributed by atoms with E-state index in [4.69, 9.17) is 12.2 Å². The molecular weight excluding hydrogens is 164 g/mol. The maximum atomic E-state index is 10.9. The van der Waals surface area contributed by atoms with Crippen molar-refractivity contribution in [3.63, 3.8) is 0 Å². The highest BCUT2D eigenvalue weighted by Crippen LogP contribution is 2.07. The maximum Gasteiger partial charge on any atom is 0.249 e. The van der Waals surface area contributed by atoms with Crippen LogP contribution in [0.25, 0.3) is 0 Å². The minimum atomic E-state index is -0.458. The molecule has 11 heavy (non-hydrogen) atoms. The van der Waals surface area contributed by atoms with E-state index in [0.29, 0.717) is 0 Å². The van der Waals surface area contributed by atoms with E-state index < -0.39 is 6.04 Å². The largest absolute Gasteiger partial charge is 0.301 e. The van der Waals surface area contributed by atoms with Gasteiger partial charge in [-0.25, -0.2) is 0 Å². The molecule has 0 aromatic heterocycles. The predicted molar refractivity (Wildman–Crippen MR) is 42.7 cm³/mol. The third-order valence-electron chi connectivity index (χ3n) is 1.55. The summed E-state index contributed by atoms with van der Waals surface area (Å²) in [5.74, 6) is -0.425. The van der Waals surface area contributed by atoms with Crippen LogP contribution in [0, 0.1) is 0 Å². The number of thiocarbonyl (C=S) groups is 1. The standard InChI is InChI=1S/C6H8N2O2S/c1-3-5(10)7-6(11)8(3)4(2)9/h3H,1-2H3,(H,7,10,11)/t3-/m1/s1. The average molecular weight is 172 g/mol. The molecule has 1 fully saturated rings. The zero-order valence-electron chi connectivity index (χ0n) is 6.25. The molecule has 1 aliphatic rings. The summed E-state index contributed by atoms with van der Waals surface area (Å²) in [7, 11) is 0. The molecule has 60 valence electrons. The third kappa shape index (κ3) is 1.23. The van der Waals surface area contributed by atoms with E-state index in [-0.39, 0.29) is 16.9 Å². The van der Waals surface area contributed by atoms with Gasteiger partial charge in [0.05, 0.1) is 0 Å². The number of amides is 2. The van der Waals surface area contributed by atoms with Crippen molar-refractivity contribution >= 4 is 29.1 Å². The third-order valence-corrected chi connectivity index (χ3v) is 1.85. The van der Waals surface area contributed by atoms with Gasteiger partial charge in [0.15, 0.2) is 5.11 Å². The first-order chi connectivity index (χ1) is 5.04. The SMILES string of the molecule is CC(=O)N1C(=S)NC(=O)[C@H]1C. The van der Waals surface area contributed by atoms with E-state index >= 15 is 0 Å². The van der Waals surface area contributed by atoms with Crippen molar-refractivity contribution in [3.05, 3.63) is 0 Å². The van der Waals surface area contributed by atoms with Gasteiger partial charge in [-0.1, -0.05) is 0 Å². The molecule has 5 heteroatoms. The topological polar surface area (TPSA) is 49.4 Å². The molecule has 2 amide bonds. The van der Waals surface area contributed by atoms with Gasteiger partial charge in [0, 0.05) is 6.92 Å². The van der Waals surface area contributed by atoms with Crippen molar-refractivity contribution < 1.29 is 9.59 Å². The number of carbonyl (C=O) groups is 2. The van der Waals surface area contributed by atoms with Crippen LogP contribution in [0.3, 0.4) is 0 Å². The van der Waals surface area contributed by atoms with E-state index in [9.17, 15) is 9.59 Å². The van der Waals surface area contributed by atoms with Crippen LogP contribution in [0.1, 0.15) is 13.8 Å². The van der Waals surface area contributed by atoms with Crippen LogP contribution >= 0.6 is 12.2 Å². The Morgan fingerprint density at radius 2 is 2.27 bits per heavy atom. The Bertz CT molecular complexity index is 239. The maximum absolute atomic E-state index is 10.9. The predicted octanol–water partition coefficient (Wildman–Crippen LogP) is -0.362. The normalized spacial score (nSPS) is 23.8. The fourth-order valence-corrected chi connectivity index (χ4v) is 1.37. The van der Waals surface area contributed by atoms with Crippen molar-refractivity contribution in [2.45, 2.75) is 19.9 Å². The molecule has 1 saturated heterocycles. The monoisotopic (exact) mass is 172 g/mol. The van der Waals surface area contributed by atoms with E-state index in [1.807, 2.05) is 0 Å². The van der Waals surface area contributed by atoms with Crippen LogP contribution in [0.5, 0.6) is 0 Å². The molecule has 1 heterocycles. The quantitative estimate of drug-likeness (QED) is 0.507. The number of hydrogen-bond acceptors (Lipinski definition) is 3. The van der Waals surface area contributed by atoms with Crippen molar-refractivity contribution in [2.24, 2.45) is 0 Å². The first-order valence-corrected chi connectivity index (χ1v) is 3.59. The highest BCUT2D eigenvalue weighted by atomic mass is 32.1. The highest BCUT2D eigenvalue weighted by molar-refractivity contribution is 7.80. The van der Waals surface area contributed by atoms with Gasteiger partial charge in [0.25, 0.3) is 0 Å². The van der Waals surface area contributed by atoms with E-state index in [0.717, 1.165) is 0 Å². The second-order valence-electron chi connectivity index (χ2n) is 2.36. The lowest BCUT2D eigenvalue weighted by molar-refractivity contribution is -0.130. The molecule has 0 aliphatic carbocycles. The second kappa shape index (κ2) is 2.58. The van der Waals surface area contributed by atoms with Crippen LogP contribution < -0.4 is 5.32 Å². The van der Waals surface area contributed by atoms with Crippen molar-refractivity contribution in [3.8, 4) is 0 Å². The molecule has 0 radical (unpaired) electrons. The number of hydrogen-bond donors (Lipinski definition) is 1. The summed E-state index contributed by atoms with van der Waals surface area (Å²) in [6.07, 6.45) is 0. The van der Waals surface area contributed by atoms with Gasteiger partial charge < -0.3 is 5.32 Å². The molecule has 1 rings (SSSR count). The Labute approximate surface area is 69.5 Å². The van der Waals surface area contributed by atoms with Crippen molar-refractivity contribution in [2.75, 3.05) is 0 Å². The Morgan fingerprint density at radius 1 is 1.73 bits per heavy atom. The smallest absolute Gasteiger partial charge is 0.249 e. The highest BCUT2D eigenvalue weighted by Gasteiger charge is 2.34. The van der Waals surface area contributed by atoms with Crippen molar-refractivity contribution in [1.82, 2.24) is 10.2 Å². The molecular formula is C6H8N2O2S. The first kappa shape index (κ1) is 8.13. The van der Waals surface area contributed by atoms with E-state index in [2.05, 4.69) is 5.32 Å². The zero-order valence-corrected chi connectivity index (χ0v) is 7.07. The summed E-state index contributed by atoms with van der Waals surface area (Å²) >= 11 is 4.74. The van der Waals surface area contributed by atoms with Crippen LogP contribution in [-0.4, -0.2) is 27.9 Å². The number of nitrogens with zero attached hydrogens (tertiary/aromatic N) is 1. The van der Waals surface area contributed by atoms with Crippen LogP contribution in [0.4, 0.5) is 0 Å². The Hall–Kier alpha value is -0.970. The fraction of sp³-hybridized carbons (Fsp3) is 0.500. The minimum Gasteiger partial charge on any atom is -0.301 e. The Kier molecular flexibility index (Phi) is 1.90. The molecule has 1 N–H and O–H groups in total. The number of carbonyl (C=O) groups excluding carboxylic acids is 2. The van der Waals surface area contributed by atoms with Crippen LogP contribution in [-0.2, 0) is 9.59 Å². The van der Waals surface area contributed by atoms with Gasteiger partial charge in [0.2, 0.25) is 11.8 Å². The molecule has 0 saturated carbocycles. The summed E-state index contributed by atoms with van der Waals surface area (Å²) in [6.45, 7) is 3.01. The van der Waals surface area contributed by atoms with E-state index in [1.54, 1.807) is 6.92 Å². The molecule has 0 spiro atoms. The molecule has 0 aromatic carbocycles. The van der Waals surface area contributed by atoms with Crippen molar-refractivity contribution in [1.29, 1.82) is 0 Å². The molecule has 4 nitrogen and oxygen atoms in total. The molecule has 0 unspecified atom stereocenters. The summed E-state index contributed by atoms with van der Waals surface area (Å²) in [5, 5.41) is 2.60. The molecule has 0 bridgehead atoms. The lowest BCUT2D eigenvalue weighted by Crippen LogP contribution is -2.36. The lowest BCUT2D eigenvalue weighted by Gasteiger charge is -2.14. The Morgan fingerprint density at radius 3 is 2.45 bits per heavy atom. The molecule has 1 aliphatic heterocycles. The number of rotatable bonds is 0. The van der Waals surface area contributed by atoms with Gasteiger partial charge in [-0.05, 0) is 19.1 Å². The average Bonchev–Trinajstić information content (AvgIpc) is 2.07. The first-order valence-electron chi connectivity index (χ1n) is 3.18. The molecule has 0 aromatic rings. The van der Waals surface area contributed by atoms with Gasteiger partial charge in [0.1, 0.15) is 6.04 Å². The minimum absolute atomic E-state index is 0.204. The summed E-state index contributed by atoms with van der Waals surface area (Å²) in [6, 6.07) is -0.458. The lowest BCUT2D eigenvalue weighted by atomic mass is 10.3. The zero-order chi connectivity index (χ0) is 8.59. The van der Waals surface area contributed by atoms with Gasteiger partial charge in [-0.3, -0.25) is 14.5 Å². The summed E-state index contributed by atoms with van der Waals surface area (Å²) in [4.78, 5) is 23.0. The Balaban J connectivity index is 2.88.